The molecule has 3 nitrogen and oxygen atoms in total. The Labute approximate surface area is 83.7 Å². The van der Waals surface area contributed by atoms with E-state index in [2.05, 4.69) is 0 Å². The minimum absolute atomic E-state index is 0.165. The van der Waals surface area contributed by atoms with Crippen molar-refractivity contribution < 1.29 is 14.0 Å². The molecule has 1 aromatic rings. The monoisotopic (exact) mass is 211 g/mol. The second-order valence-electron chi connectivity index (χ2n) is 2.42. The minimum Gasteiger partial charge on any atom is -0.298 e. The van der Waals surface area contributed by atoms with Gasteiger partial charge in [-0.3, -0.25) is 9.59 Å². The van der Waals surface area contributed by atoms with Gasteiger partial charge < -0.3 is 0 Å². The highest BCUT2D eigenvalue weighted by atomic mass is 35.5. The number of carbonyl (C=O) groups excluding carboxylic acids is 2. The quantitative estimate of drug-likeness (QED) is 0.554. The highest BCUT2D eigenvalue weighted by Crippen LogP contribution is 2.16. The molecular weight excluding hydrogens is 209 g/mol. The van der Waals surface area contributed by atoms with Crippen molar-refractivity contribution in [1.29, 1.82) is 5.26 Å². The van der Waals surface area contributed by atoms with Crippen LogP contribution in [0, 0.1) is 17.1 Å². The van der Waals surface area contributed by atoms with E-state index in [0.29, 0.717) is 6.29 Å². The summed E-state index contributed by atoms with van der Waals surface area (Å²) < 4.78 is 12.9. The largest absolute Gasteiger partial charge is 0.298 e. The van der Waals surface area contributed by atoms with Crippen LogP contribution in [-0.2, 0) is 0 Å². The van der Waals surface area contributed by atoms with Crippen LogP contribution in [0.25, 0.3) is 0 Å². The summed E-state index contributed by atoms with van der Waals surface area (Å²) in [5.41, 5.74) is -0.652. The summed E-state index contributed by atoms with van der Waals surface area (Å²) in [5, 5.41) is 7.56. The summed E-state index contributed by atoms with van der Waals surface area (Å²) in [6.45, 7) is 0. The Kier molecular flexibility index (Phi) is 2.95. The standard InChI is InChI=1S/C9H3ClFNO2/c10-9(14)7-1-5(3-12)8(11)2-6(7)4-13/h1-2,4H. The molecule has 0 fully saturated rings. The topological polar surface area (TPSA) is 57.9 Å². The molecular formula is C9H3ClFNO2. The summed E-state index contributed by atoms with van der Waals surface area (Å²) in [6, 6.07) is 3.30. The van der Waals surface area contributed by atoms with Gasteiger partial charge in [-0.2, -0.15) is 5.26 Å². The summed E-state index contributed by atoms with van der Waals surface area (Å²) in [4.78, 5) is 21.2. The van der Waals surface area contributed by atoms with E-state index in [1.165, 1.54) is 0 Å². The second-order valence-corrected chi connectivity index (χ2v) is 2.77. The van der Waals surface area contributed by atoms with Crippen LogP contribution in [-0.4, -0.2) is 11.5 Å². The first-order valence-corrected chi connectivity index (χ1v) is 3.86. The normalized spacial score (nSPS) is 9.21. The van der Waals surface area contributed by atoms with Gasteiger partial charge in [-0.15, -0.1) is 0 Å². The zero-order valence-corrected chi connectivity index (χ0v) is 7.51. The summed E-state index contributed by atoms with van der Waals surface area (Å²) in [7, 11) is 0. The van der Waals surface area contributed by atoms with Crippen LogP contribution in [0.2, 0.25) is 0 Å². The van der Waals surface area contributed by atoms with E-state index in [9.17, 15) is 14.0 Å². The molecule has 0 saturated heterocycles. The van der Waals surface area contributed by atoms with E-state index in [1.54, 1.807) is 6.07 Å². The molecule has 0 N–H and O–H groups in total. The van der Waals surface area contributed by atoms with Gasteiger partial charge in [0, 0.05) is 11.1 Å². The van der Waals surface area contributed by atoms with Gasteiger partial charge in [0.25, 0.3) is 5.24 Å². The predicted molar refractivity (Wildman–Crippen MR) is 46.7 cm³/mol. The van der Waals surface area contributed by atoms with Gasteiger partial charge in [0.2, 0.25) is 0 Å². The van der Waals surface area contributed by atoms with Crippen molar-refractivity contribution >= 4 is 23.1 Å². The third kappa shape index (κ3) is 1.78. The lowest BCUT2D eigenvalue weighted by Gasteiger charge is -2.00. The molecule has 0 heterocycles. The van der Waals surface area contributed by atoms with Crippen molar-refractivity contribution in [3.63, 3.8) is 0 Å². The van der Waals surface area contributed by atoms with Crippen molar-refractivity contribution in [3.8, 4) is 6.07 Å². The fourth-order valence-electron chi connectivity index (χ4n) is 0.942. The van der Waals surface area contributed by atoms with Crippen LogP contribution in [0.4, 0.5) is 4.39 Å². The molecule has 0 bridgehead atoms. The average molecular weight is 212 g/mol. The Hall–Kier alpha value is -1.73. The van der Waals surface area contributed by atoms with Gasteiger partial charge >= 0.3 is 0 Å². The first kappa shape index (κ1) is 10.4. The number of aldehydes is 1. The fourth-order valence-corrected chi connectivity index (χ4v) is 1.11. The molecule has 0 radical (unpaired) electrons. The molecule has 1 rings (SSSR count). The third-order valence-electron chi connectivity index (χ3n) is 1.60. The summed E-state index contributed by atoms with van der Waals surface area (Å²) in [5.74, 6) is -0.851. The number of nitriles is 1. The van der Waals surface area contributed by atoms with E-state index in [-0.39, 0.29) is 16.7 Å². The van der Waals surface area contributed by atoms with Crippen molar-refractivity contribution in [2.24, 2.45) is 0 Å². The molecule has 70 valence electrons. The zero-order valence-electron chi connectivity index (χ0n) is 6.75. The number of hydrogen-bond acceptors (Lipinski definition) is 3. The molecule has 0 aromatic heterocycles. The number of benzene rings is 1. The molecule has 5 heteroatoms. The van der Waals surface area contributed by atoms with Crippen LogP contribution >= 0.6 is 11.6 Å². The van der Waals surface area contributed by atoms with Gasteiger partial charge in [0.1, 0.15) is 11.9 Å². The van der Waals surface area contributed by atoms with Gasteiger partial charge in [-0.1, -0.05) is 0 Å². The van der Waals surface area contributed by atoms with E-state index in [4.69, 9.17) is 16.9 Å². The molecule has 0 atom stereocenters. The van der Waals surface area contributed by atoms with Crippen LogP contribution < -0.4 is 0 Å². The first-order valence-electron chi connectivity index (χ1n) is 3.48. The third-order valence-corrected chi connectivity index (χ3v) is 1.80. The molecule has 14 heavy (non-hydrogen) atoms. The number of halogens is 2. The maximum atomic E-state index is 12.9. The van der Waals surface area contributed by atoms with E-state index < -0.39 is 11.1 Å². The Morgan fingerprint density at radius 3 is 2.64 bits per heavy atom. The smallest absolute Gasteiger partial charge is 0.253 e. The Bertz CT molecular complexity index is 451. The SMILES string of the molecule is N#Cc1cc(C(=O)Cl)c(C=O)cc1F. The van der Waals surface area contributed by atoms with Gasteiger partial charge in [0.15, 0.2) is 6.29 Å². The first-order chi connectivity index (χ1) is 6.60. The highest BCUT2D eigenvalue weighted by molar-refractivity contribution is 6.68. The van der Waals surface area contributed by atoms with Crippen LogP contribution in [0.15, 0.2) is 12.1 Å². The summed E-state index contributed by atoms with van der Waals surface area (Å²) in [6.07, 6.45) is 0.305. The number of hydrogen-bond donors (Lipinski definition) is 0. The Morgan fingerprint density at radius 1 is 1.57 bits per heavy atom. The van der Waals surface area contributed by atoms with Crippen molar-refractivity contribution in [2.75, 3.05) is 0 Å². The minimum atomic E-state index is -0.899. The molecule has 0 aliphatic carbocycles. The van der Waals surface area contributed by atoms with Gasteiger partial charge in [-0.25, -0.2) is 4.39 Å². The Morgan fingerprint density at radius 2 is 2.21 bits per heavy atom. The fraction of sp³-hybridized carbons (Fsp3) is 0. The van der Waals surface area contributed by atoms with Crippen molar-refractivity contribution in [1.82, 2.24) is 0 Å². The second kappa shape index (κ2) is 3.99. The van der Waals surface area contributed by atoms with Crippen molar-refractivity contribution in [3.05, 3.63) is 34.6 Å². The molecule has 0 saturated carbocycles. The van der Waals surface area contributed by atoms with Crippen molar-refractivity contribution in [2.45, 2.75) is 0 Å². The number of rotatable bonds is 2. The van der Waals surface area contributed by atoms with Crippen LogP contribution in [0.3, 0.4) is 0 Å². The molecule has 0 spiro atoms. The zero-order chi connectivity index (χ0) is 10.7. The molecule has 0 aliphatic rings. The lowest BCUT2D eigenvalue weighted by Crippen LogP contribution is -1.99. The highest BCUT2D eigenvalue weighted by Gasteiger charge is 2.13. The maximum Gasteiger partial charge on any atom is 0.253 e. The number of nitrogens with zero attached hydrogens (tertiary/aromatic N) is 1. The predicted octanol–water partition coefficient (Wildman–Crippen LogP) is 1.89. The lowest BCUT2D eigenvalue weighted by atomic mass is 10.1. The van der Waals surface area contributed by atoms with Gasteiger partial charge in [0.05, 0.1) is 5.56 Å². The van der Waals surface area contributed by atoms with Gasteiger partial charge in [-0.05, 0) is 23.7 Å². The van der Waals surface area contributed by atoms with E-state index in [1.807, 2.05) is 0 Å². The Balaban J connectivity index is 3.49. The number of carbonyl (C=O) groups is 2. The molecule has 0 amide bonds. The van der Waals surface area contributed by atoms with Crippen LogP contribution in [0.5, 0.6) is 0 Å². The van der Waals surface area contributed by atoms with E-state index >= 15 is 0 Å². The lowest BCUT2D eigenvalue weighted by molar-refractivity contribution is 0.106. The summed E-state index contributed by atoms with van der Waals surface area (Å²) >= 11 is 5.14. The van der Waals surface area contributed by atoms with E-state index in [0.717, 1.165) is 12.1 Å². The van der Waals surface area contributed by atoms with Crippen LogP contribution in [0.1, 0.15) is 26.3 Å². The average Bonchev–Trinajstić information content (AvgIpc) is 2.16. The maximum absolute atomic E-state index is 12.9. The molecule has 0 unspecified atom stereocenters. The molecule has 1 aromatic carbocycles. The molecule has 0 aliphatic heterocycles.